The lowest BCUT2D eigenvalue weighted by atomic mass is 9.75. The van der Waals surface area contributed by atoms with Gasteiger partial charge in [-0.1, -0.05) is 0 Å². The van der Waals surface area contributed by atoms with Gasteiger partial charge in [-0.3, -0.25) is 9.69 Å². The van der Waals surface area contributed by atoms with Crippen LogP contribution in [0.4, 0.5) is 4.79 Å². The number of rotatable bonds is 2. The highest BCUT2D eigenvalue weighted by Gasteiger charge is 2.49. The third kappa shape index (κ3) is 3.48. The summed E-state index contributed by atoms with van der Waals surface area (Å²) in [6, 6.07) is 0. The first-order chi connectivity index (χ1) is 9.74. The fourth-order valence-electron chi connectivity index (χ4n) is 3.03. The Kier molecular flexibility index (Phi) is 4.46. The minimum atomic E-state index is -0.723. The van der Waals surface area contributed by atoms with Gasteiger partial charge in [0.05, 0.1) is 0 Å². The van der Waals surface area contributed by atoms with Gasteiger partial charge in [-0.15, -0.1) is 0 Å². The van der Waals surface area contributed by atoms with Crippen molar-refractivity contribution in [3.63, 3.8) is 0 Å². The van der Waals surface area contributed by atoms with Gasteiger partial charge in [0.25, 0.3) is 0 Å². The number of amides is 1. The van der Waals surface area contributed by atoms with Crippen LogP contribution in [0, 0.1) is 0 Å². The molecule has 0 bridgehead atoms. The van der Waals surface area contributed by atoms with Crippen LogP contribution in [0.3, 0.4) is 0 Å². The fourth-order valence-corrected chi connectivity index (χ4v) is 3.03. The van der Waals surface area contributed by atoms with Gasteiger partial charge in [0.15, 0.2) is 0 Å². The molecule has 1 saturated carbocycles. The molecule has 1 aliphatic heterocycles. The Morgan fingerprint density at radius 1 is 1.05 bits per heavy atom. The zero-order valence-electron chi connectivity index (χ0n) is 13.2. The van der Waals surface area contributed by atoms with Crippen molar-refractivity contribution in [2.45, 2.75) is 57.6 Å². The number of ether oxygens (including phenoxy) is 1. The highest BCUT2D eigenvalue weighted by atomic mass is 16.6. The molecule has 2 rings (SSSR count). The lowest BCUT2D eigenvalue weighted by Crippen LogP contribution is -2.60. The number of carboxylic acid groups (broad SMARTS) is 1. The van der Waals surface area contributed by atoms with Crippen molar-refractivity contribution in [1.29, 1.82) is 0 Å². The summed E-state index contributed by atoms with van der Waals surface area (Å²) >= 11 is 0. The number of nitrogens with zero attached hydrogens (tertiary/aromatic N) is 2. The Bertz CT molecular complexity index is 412. The molecule has 0 aromatic carbocycles. The Morgan fingerprint density at radius 2 is 1.71 bits per heavy atom. The smallest absolute Gasteiger partial charge is 0.410 e. The molecule has 0 aromatic heterocycles. The number of hydrogen-bond acceptors (Lipinski definition) is 4. The van der Waals surface area contributed by atoms with Crippen LogP contribution in [0.25, 0.3) is 0 Å². The largest absolute Gasteiger partial charge is 0.480 e. The van der Waals surface area contributed by atoms with Crippen molar-refractivity contribution in [3.05, 3.63) is 0 Å². The molecule has 1 aliphatic carbocycles. The quantitative estimate of drug-likeness (QED) is 0.843. The van der Waals surface area contributed by atoms with E-state index < -0.39 is 17.1 Å². The lowest BCUT2D eigenvalue weighted by Gasteiger charge is -2.46. The molecule has 6 heteroatoms. The van der Waals surface area contributed by atoms with E-state index in [-0.39, 0.29) is 6.09 Å². The predicted molar refractivity (Wildman–Crippen MR) is 78.2 cm³/mol. The second-order valence-electron chi connectivity index (χ2n) is 7.00. The van der Waals surface area contributed by atoms with E-state index in [4.69, 9.17) is 4.74 Å². The number of carbonyl (C=O) groups excluding carboxylic acids is 1. The zero-order chi connectivity index (χ0) is 15.7. The van der Waals surface area contributed by atoms with E-state index in [1.165, 1.54) is 0 Å². The Labute approximate surface area is 126 Å². The second-order valence-corrected chi connectivity index (χ2v) is 7.00. The van der Waals surface area contributed by atoms with Crippen LogP contribution in [-0.2, 0) is 9.53 Å². The molecule has 21 heavy (non-hydrogen) atoms. The van der Waals surface area contributed by atoms with Crippen molar-refractivity contribution >= 4 is 12.1 Å². The van der Waals surface area contributed by atoms with E-state index in [0.717, 1.165) is 32.2 Å². The first-order valence-electron chi connectivity index (χ1n) is 7.71. The maximum atomic E-state index is 12.1. The first kappa shape index (κ1) is 16.1. The topological polar surface area (TPSA) is 70.1 Å². The predicted octanol–water partition coefficient (Wildman–Crippen LogP) is 1.94. The highest BCUT2D eigenvalue weighted by molar-refractivity contribution is 5.80. The van der Waals surface area contributed by atoms with Gasteiger partial charge in [0.2, 0.25) is 0 Å². The normalized spacial score (nSPS) is 23.1. The van der Waals surface area contributed by atoms with Crippen LogP contribution in [0.5, 0.6) is 0 Å². The van der Waals surface area contributed by atoms with Gasteiger partial charge >= 0.3 is 12.1 Å². The summed E-state index contributed by atoms with van der Waals surface area (Å²) in [7, 11) is 0. The molecule has 2 aliphatic rings. The van der Waals surface area contributed by atoms with Crippen LogP contribution in [-0.4, -0.2) is 64.3 Å². The SMILES string of the molecule is CC(C)(C)OC(=O)N1CCCN(C2(C(=O)O)CCC2)CC1. The number of hydrogen-bond donors (Lipinski definition) is 1. The van der Waals surface area contributed by atoms with Gasteiger partial charge in [-0.05, 0) is 46.5 Å². The summed E-state index contributed by atoms with van der Waals surface area (Å²) in [6.45, 7) is 8.04. The van der Waals surface area contributed by atoms with Crippen LogP contribution in [0.1, 0.15) is 46.5 Å². The number of carbonyl (C=O) groups is 2. The fraction of sp³-hybridized carbons (Fsp3) is 0.867. The third-order valence-corrected chi connectivity index (χ3v) is 4.33. The summed E-state index contributed by atoms with van der Waals surface area (Å²) in [5.74, 6) is -0.723. The Balaban J connectivity index is 1.96. The van der Waals surface area contributed by atoms with Crippen molar-refractivity contribution in [2.24, 2.45) is 0 Å². The van der Waals surface area contributed by atoms with E-state index in [1.54, 1.807) is 4.90 Å². The number of carboxylic acids is 1. The summed E-state index contributed by atoms with van der Waals surface area (Å²) in [6.07, 6.45) is 2.89. The molecule has 2 fully saturated rings. The molecule has 120 valence electrons. The van der Waals surface area contributed by atoms with Crippen molar-refractivity contribution in [2.75, 3.05) is 26.2 Å². The maximum Gasteiger partial charge on any atom is 0.410 e. The maximum absolute atomic E-state index is 12.1. The van der Waals surface area contributed by atoms with E-state index in [1.807, 2.05) is 25.7 Å². The zero-order valence-corrected chi connectivity index (χ0v) is 13.2. The monoisotopic (exact) mass is 298 g/mol. The van der Waals surface area contributed by atoms with Gasteiger partial charge in [-0.25, -0.2) is 4.79 Å². The van der Waals surface area contributed by atoms with Crippen LogP contribution in [0.2, 0.25) is 0 Å². The molecule has 0 unspecified atom stereocenters. The van der Waals surface area contributed by atoms with Gasteiger partial charge in [-0.2, -0.15) is 0 Å². The van der Waals surface area contributed by atoms with Crippen LogP contribution in [0.15, 0.2) is 0 Å². The standard InChI is InChI=1S/C15H26N2O4/c1-14(2,3)21-13(20)16-8-5-9-17(11-10-16)15(12(18)19)6-4-7-15/h4-11H2,1-3H3,(H,18,19). The van der Waals surface area contributed by atoms with E-state index in [2.05, 4.69) is 0 Å². The average molecular weight is 298 g/mol. The van der Waals surface area contributed by atoms with Crippen molar-refractivity contribution in [1.82, 2.24) is 9.80 Å². The van der Waals surface area contributed by atoms with E-state index in [9.17, 15) is 14.7 Å². The minimum absolute atomic E-state index is 0.303. The minimum Gasteiger partial charge on any atom is -0.480 e. The third-order valence-electron chi connectivity index (χ3n) is 4.33. The van der Waals surface area contributed by atoms with Crippen LogP contribution < -0.4 is 0 Å². The van der Waals surface area contributed by atoms with Gasteiger partial charge in [0.1, 0.15) is 11.1 Å². The van der Waals surface area contributed by atoms with Crippen LogP contribution >= 0.6 is 0 Å². The highest BCUT2D eigenvalue weighted by Crippen LogP contribution is 2.38. The number of aliphatic carboxylic acids is 1. The second kappa shape index (κ2) is 5.83. The molecule has 1 N–H and O–H groups in total. The molecule has 1 heterocycles. The molecule has 6 nitrogen and oxygen atoms in total. The summed E-state index contributed by atoms with van der Waals surface area (Å²) in [5, 5.41) is 9.51. The van der Waals surface area contributed by atoms with Crippen molar-refractivity contribution < 1.29 is 19.4 Å². The lowest BCUT2D eigenvalue weighted by molar-refractivity contribution is -0.158. The first-order valence-corrected chi connectivity index (χ1v) is 7.71. The summed E-state index contributed by atoms with van der Waals surface area (Å²) in [5.41, 5.74) is -1.19. The molecule has 0 spiro atoms. The molecule has 1 amide bonds. The van der Waals surface area contributed by atoms with Gasteiger partial charge < -0.3 is 14.7 Å². The summed E-state index contributed by atoms with van der Waals surface area (Å²) < 4.78 is 5.39. The van der Waals surface area contributed by atoms with E-state index >= 15 is 0 Å². The van der Waals surface area contributed by atoms with Crippen molar-refractivity contribution in [3.8, 4) is 0 Å². The molecular weight excluding hydrogens is 272 g/mol. The Hall–Kier alpha value is -1.30. The molecule has 0 radical (unpaired) electrons. The van der Waals surface area contributed by atoms with E-state index in [0.29, 0.717) is 19.6 Å². The summed E-state index contributed by atoms with van der Waals surface area (Å²) in [4.78, 5) is 27.4. The average Bonchev–Trinajstić information content (AvgIpc) is 2.50. The van der Waals surface area contributed by atoms with Gasteiger partial charge in [0, 0.05) is 26.2 Å². The molecule has 0 atom stereocenters. The molecule has 1 saturated heterocycles. The Morgan fingerprint density at radius 3 is 2.19 bits per heavy atom. The molecule has 0 aromatic rings. The molecular formula is C15H26N2O4.